The monoisotopic (exact) mass is 1260 g/mol. The van der Waals surface area contributed by atoms with Crippen LogP contribution in [0.5, 0.6) is 0 Å². The average Bonchev–Trinajstić information content (AvgIpc) is 1.90. The first kappa shape index (κ1) is 62.3. The van der Waals surface area contributed by atoms with Crippen LogP contribution in [-0.4, -0.2) is 11.6 Å². The predicted molar refractivity (Wildman–Crippen MR) is 376 cm³/mol. The number of hydrogen-bond donors (Lipinski definition) is 0. The molecule has 0 atom stereocenters. The second-order valence-electron chi connectivity index (χ2n) is 23.1. The molecular weight excluding hydrogens is 1190 g/mol. The summed E-state index contributed by atoms with van der Waals surface area (Å²) in [6.07, 6.45) is 26.2. The molecule has 0 saturated carbocycles. The highest BCUT2D eigenvalue weighted by molar-refractivity contribution is 7.29. The number of rotatable bonds is 26. The van der Waals surface area contributed by atoms with Crippen LogP contribution in [0.25, 0.3) is 83.9 Å². The molecule has 12 heteroatoms. The smallest absolute Gasteiger partial charge is 0.194 e. The molecule has 2 aliphatic carbocycles. The molecule has 0 saturated heterocycles. The van der Waals surface area contributed by atoms with Gasteiger partial charge in [-0.1, -0.05) is 153 Å². The Morgan fingerprint density at radius 3 is 1.12 bits per heavy atom. The van der Waals surface area contributed by atoms with Gasteiger partial charge in [0.1, 0.15) is 35.4 Å². The Labute approximate surface area is 542 Å². The van der Waals surface area contributed by atoms with Crippen LogP contribution < -0.4 is 0 Å². The number of nitrogens with zero attached hydrogens (tertiary/aromatic N) is 4. The van der Waals surface area contributed by atoms with Crippen LogP contribution in [0.15, 0.2) is 119 Å². The number of Topliss-reactive ketones (excluding diaryl/α,β-unsaturated/α-hetero) is 2. The van der Waals surface area contributed by atoms with E-state index >= 15 is 0 Å². The lowest BCUT2D eigenvalue weighted by Gasteiger charge is -2.09. The van der Waals surface area contributed by atoms with Gasteiger partial charge in [-0.15, -0.1) is 68.0 Å². The van der Waals surface area contributed by atoms with Gasteiger partial charge < -0.3 is 0 Å². The fraction of sp³-hybridized carbons (Fsp3) is 0.316. The van der Waals surface area contributed by atoms with Gasteiger partial charge in [0.25, 0.3) is 0 Å². The molecule has 9 aromatic rings. The summed E-state index contributed by atoms with van der Waals surface area (Å²) >= 11 is 11.0. The normalized spacial score (nSPS) is 13.7. The van der Waals surface area contributed by atoms with E-state index in [0.29, 0.717) is 44.5 Å². The Morgan fingerprint density at radius 1 is 0.398 bits per heavy atom. The molecular formula is C76H70N4O2S6. The molecule has 0 radical (unpaired) electrons. The molecule has 0 spiro atoms. The van der Waals surface area contributed by atoms with Crippen LogP contribution in [0.4, 0.5) is 0 Å². The van der Waals surface area contributed by atoms with Crippen molar-refractivity contribution in [2.24, 2.45) is 0 Å². The number of hydrogen-bond acceptors (Lipinski definition) is 12. The average molecular weight is 1260 g/mol. The molecule has 0 unspecified atom stereocenters. The standard InChI is InChI=1S/C76H70N4O2S6/c1-5-9-13-17-25-47-37-53(39-59-67(49(43-77)44-78)55-29-21-23-31-57(55)71(59)81)85-73(47)65-41-61-69(63-35-33-51(83-63)27-19-15-11-7-3)76-62(70(75(61)87-65)64-36-34-52(84-64)28-20-16-12-8-4)42-66(88-76)74-48(26-18-14-10-6-2)38-54(86-74)40-60-68(50(45-79)46-80)56-30-22-24-32-58(56)72(60)82/h21-24,29-42H,5-20,25-28H2,1-4H3/b59-39-,60-40-. The zero-order valence-electron chi connectivity index (χ0n) is 50.6. The number of carbonyl (C=O) groups excluding carboxylic acids is 2. The fourth-order valence-electron chi connectivity index (χ4n) is 12.5. The summed E-state index contributed by atoms with van der Waals surface area (Å²) in [4.78, 5) is 40.5. The summed E-state index contributed by atoms with van der Waals surface area (Å²) in [5, 5.41) is 43.4. The van der Waals surface area contributed by atoms with Gasteiger partial charge in [0.15, 0.2) is 11.6 Å². The number of nitriles is 4. The minimum absolute atomic E-state index is 0.0608. The second kappa shape index (κ2) is 28.9. The minimum atomic E-state index is -0.171. The molecule has 0 bridgehead atoms. The van der Waals surface area contributed by atoms with Crippen molar-refractivity contribution in [2.75, 3.05) is 0 Å². The number of allylic oxidation sites excluding steroid dienone is 6. The predicted octanol–water partition coefficient (Wildman–Crippen LogP) is 23.7. The van der Waals surface area contributed by atoms with Crippen LogP contribution in [-0.2, 0) is 25.7 Å². The molecule has 0 aliphatic heterocycles. The highest BCUT2D eigenvalue weighted by atomic mass is 32.1. The largest absolute Gasteiger partial charge is 0.289 e. The fourth-order valence-corrected chi connectivity index (χ4v) is 19.9. The summed E-state index contributed by atoms with van der Waals surface area (Å²) < 4.78 is 2.51. The summed E-state index contributed by atoms with van der Waals surface area (Å²) in [5.41, 5.74) is 8.75. The van der Waals surface area contributed by atoms with Gasteiger partial charge >= 0.3 is 0 Å². The van der Waals surface area contributed by atoms with Gasteiger partial charge in [0.05, 0.1) is 0 Å². The third-order valence-corrected chi connectivity index (χ3v) is 24.2. The molecule has 0 N–H and O–H groups in total. The van der Waals surface area contributed by atoms with E-state index in [1.807, 2.05) is 93.9 Å². The highest BCUT2D eigenvalue weighted by Gasteiger charge is 2.35. The molecule has 0 fully saturated rings. The molecule has 3 aromatic carbocycles. The Bertz CT molecular complexity index is 4080. The van der Waals surface area contributed by atoms with Gasteiger partial charge in [-0.05, 0) is 134 Å². The van der Waals surface area contributed by atoms with E-state index in [1.54, 1.807) is 34.8 Å². The first-order valence-electron chi connectivity index (χ1n) is 31.4. The first-order valence-corrected chi connectivity index (χ1v) is 36.3. The maximum atomic E-state index is 14.3. The number of fused-ring (bicyclic) bond motifs is 4. The lowest BCUT2D eigenvalue weighted by Crippen LogP contribution is -1.95. The third kappa shape index (κ3) is 12.8. The summed E-state index contributed by atoms with van der Waals surface area (Å²) in [6.45, 7) is 9.02. The molecule has 6 heterocycles. The van der Waals surface area contributed by atoms with Crippen LogP contribution in [0.1, 0.15) is 193 Å². The van der Waals surface area contributed by atoms with Crippen molar-refractivity contribution in [3.05, 3.63) is 172 Å². The van der Waals surface area contributed by atoms with Gasteiger partial charge in [-0.25, -0.2) is 0 Å². The second-order valence-corrected chi connectivity index (χ2v) is 29.7. The van der Waals surface area contributed by atoms with Crippen LogP contribution >= 0.6 is 68.0 Å². The summed E-state index contributed by atoms with van der Waals surface area (Å²) in [5.74, 6) is -0.342. The van der Waals surface area contributed by atoms with E-state index in [1.165, 1.54) is 120 Å². The van der Waals surface area contributed by atoms with Gasteiger partial charge in [-0.3, -0.25) is 9.59 Å². The highest BCUT2D eigenvalue weighted by Crippen LogP contribution is 2.56. The topological polar surface area (TPSA) is 129 Å². The quantitative estimate of drug-likeness (QED) is 0.0302. The van der Waals surface area contributed by atoms with Crippen molar-refractivity contribution in [1.29, 1.82) is 21.0 Å². The van der Waals surface area contributed by atoms with Gasteiger partial charge in [0, 0.05) is 113 Å². The summed E-state index contributed by atoms with van der Waals surface area (Å²) in [6, 6.07) is 41.9. The molecule has 2 aliphatic rings. The van der Waals surface area contributed by atoms with E-state index in [0.717, 1.165) is 99.6 Å². The zero-order valence-corrected chi connectivity index (χ0v) is 55.5. The van der Waals surface area contributed by atoms with Crippen LogP contribution in [0.3, 0.4) is 0 Å². The number of ketones is 2. The minimum Gasteiger partial charge on any atom is -0.289 e. The lowest BCUT2D eigenvalue weighted by atomic mass is 9.98. The van der Waals surface area contributed by atoms with Crippen molar-refractivity contribution < 1.29 is 9.59 Å². The number of benzene rings is 3. The van der Waals surface area contributed by atoms with Crippen molar-refractivity contribution >= 4 is 123 Å². The number of aryl methyl sites for hydroxylation is 4. The Kier molecular flexibility index (Phi) is 20.4. The summed E-state index contributed by atoms with van der Waals surface area (Å²) in [7, 11) is 0. The lowest BCUT2D eigenvalue weighted by molar-refractivity contribution is 0.103. The molecule has 6 nitrogen and oxygen atoms in total. The van der Waals surface area contributed by atoms with Crippen LogP contribution in [0, 0.1) is 45.3 Å². The number of thiophene rings is 6. The van der Waals surface area contributed by atoms with E-state index in [2.05, 4.69) is 101 Å². The number of unbranched alkanes of at least 4 members (excludes halogenated alkanes) is 12. The molecule has 442 valence electrons. The first-order chi connectivity index (χ1) is 43.1. The SMILES string of the molecule is CCCCCCc1ccc(-c2c3cc(-c4sc(/C=C5\C(=O)c6ccccc6C5=C(C#N)C#N)cc4CCCCCC)sc3c(-c3ccc(CCCCCC)s3)c3cc(-c4sc(/C=C5\C(=O)c6ccccc6C5=C(C#N)C#N)cc4CCCCCC)sc23)s1. The Balaban J connectivity index is 1.14. The van der Waals surface area contributed by atoms with E-state index in [4.69, 9.17) is 0 Å². The number of carbonyl (C=O) groups is 2. The van der Waals surface area contributed by atoms with E-state index in [-0.39, 0.29) is 22.7 Å². The molecule has 11 rings (SSSR count). The maximum absolute atomic E-state index is 14.3. The van der Waals surface area contributed by atoms with Gasteiger partial charge in [0.2, 0.25) is 0 Å². The van der Waals surface area contributed by atoms with Crippen molar-refractivity contribution in [3.8, 4) is 64.7 Å². The molecule has 6 aromatic heterocycles. The van der Waals surface area contributed by atoms with Crippen LogP contribution in [0.2, 0.25) is 0 Å². The van der Waals surface area contributed by atoms with E-state index in [9.17, 15) is 30.6 Å². The van der Waals surface area contributed by atoms with Crippen molar-refractivity contribution in [1.82, 2.24) is 0 Å². The van der Waals surface area contributed by atoms with Crippen molar-refractivity contribution in [2.45, 2.75) is 156 Å². The Morgan fingerprint density at radius 2 is 0.761 bits per heavy atom. The third-order valence-electron chi connectivity index (χ3n) is 17.0. The molecule has 0 amide bonds. The molecule has 88 heavy (non-hydrogen) atoms. The zero-order chi connectivity index (χ0) is 61.3. The maximum Gasteiger partial charge on any atom is 0.194 e. The van der Waals surface area contributed by atoms with Gasteiger partial charge in [-0.2, -0.15) is 21.0 Å². The Hall–Kier alpha value is -7.36. The van der Waals surface area contributed by atoms with Crippen molar-refractivity contribution in [3.63, 3.8) is 0 Å². The van der Waals surface area contributed by atoms with E-state index < -0.39 is 0 Å².